The van der Waals surface area contributed by atoms with Crippen LogP contribution in [0.3, 0.4) is 0 Å². The van der Waals surface area contributed by atoms with E-state index in [1.165, 1.54) is 11.1 Å². The van der Waals surface area contributed by atoms with Crippen LogP contribution in [-0.2, 0) is 30.8 Å². The molecule has 2 heterocycles. The van der Waals surface area contributed by atoms with Gasteiger partial charge in [-0.15, -0.1) is 0 Å². The van der Waals surface area contributed by atoms with Crippen molar-refractivity contribution >= 4 is 5.91 Å². The predicted molar refractivity (Wildman–Crippen MR) is 99.2 cm³/mol. The maximum absolute atomic E-state index is 12.6. The zero-order valence-corrected chi connectivity index (χ0v) is 15.7. The summed E-state index contributed by atoms with van der Waals surface area (Å²) in [4.78, 5) is 14.9. The predicted octanol–water partition coefficient (Wildman–Crippen LogP) is 2.58. The molecule has 1 N–H and O–H groups in total. The van der Waals surface area contributed by atoms with E-state index in [4.69, 9.17) is 0 Å². The molecule has 1 unspecified atom stereocenters. The Bertz CT molecular complexity index is 765. The van der Waals surface area contributed by atoms with Gasteiger partial charge in [-0.1, -0.05) is 24.3 Å². The molecule has 0 radical (unpaired) electrons. The van der Waals surface area contributed by atoms with Crippen LogP contribution in [0.4, 0.5) is 0 Å². The fraction of sp³-hybridized carbons (Fsp3) is 0.500. The molecule has 1 aromatic heterocycles. The molecule has 0 saturated carbocycles. The summed E-state index contributed by atoms with van der Waals surface area (Å²) in [5.41, 5.74) is 6.01. The summed E-state index contributed by atoms with van der Waals surface area (Å²) in [6.45, 7) is 11.3. The van der Waals surface area contributed by atoms with E-state index in [0.29, 0.717) is 6.54 Å². The molecule has 1 atom stereocenters. The number of carbonyl (C=O) groups excluding carboxylic acids is 1. The molecule has 0 spiro atoms. The second-order valence-corrected chi connectivity index (χ2v) is 6.85. The molecule has 1 aliphatic rings. The van der Waals surface area contributed by atoms with Gasteiger partial charge in [-0.3, -0.25) is 14.4 Å². The first-order valence-electron chi connectivity index (χ1n) is 9.12. The molecule has 5 heteroatoms. The highest BCUT2D eigenvalue weighted by Gasteiger charge is 2.25. The monoisotopic (exact) mass is 340 g/mol. The molecule has 1 aromatic carbocycles. The van der Waals surface area contributed by atoms with Crippen LogP contribution in [0.15, 0.2) is 24.3 Å². The summed E-state index contributed by atoms with van der Waals surface area (Å²) >= 11 is 0. The third-order valence-corrected chi connectivity index (χ3v) is 5.36. The molecular weight excluding hydrogens is 312 g/mol. The van der Waals surface area contributed by atoms with Crippen LogP contribution in [-0.4, -0.2) is 33.2 Å². The summed E-state index contributed by atoms with van der Waals surface area (Å²) in [6.07, 6.45) is 1.01. The smallest absolute Gasteiger partial charge is 0.237 e. The lowest BCUT2D eigenvalue weighted by molar-refractivity contribution is -0.126. The number of amides is 1. The van der Waals surface area contributed by atoms with Crippen LogP contribution in [0, 0.1) is 13.8 Å². The number of nitrogens with zero attached hydrogens (tertiary/aromatic N) is 3. The van der Waals surface area contributed by atoms with Gasteiger partial charge in [0, 0.05) is 37.4 Å². The topological polar surface area (TPSA) is 50.2 Å². The van der Waals surface area contributed by atoms with Gasteiger partial charge in [-0.25, -0.2) is 0 Å². The van der Waals surface area contributed by atoms with Crippen LogP contribution >= 0.6 is 0 Å². The first-order valence-corrected chi connectivity index (χ1v) is 9.12. The maximum atomic E-state index is 12.6. The summed E-state index contributed by atoms with van der Waals surface area (Å²) < 4.78 is 1.99. The molecule has 1 aliphatic heterocycles. The van der Waals surface area contributed by atoms with Gasteiger partial charge in [0.1, 0.15) is 0 Å². The van der Waals surface area contributed by atoms with Gasteiger partial charge in [-0.05, 0) is 45.2 Å². The van der Waals surface area contributed by atoms with Crippen LogP contribution in [0.25, 0.3) is 0 Å². The Morgan fingerprint density at radius 1 is 1.28 bits per heavy atom. The number of benzene rings is 1. The summed E-state index contributed by atoms with van der Waals surface area (Å²) in [7, 11) is 0. The minimum atomic E-state index is -0.129. The van der Waals surface area contributed by atoms with Crippen molar-refractivity contribution in [2.24, 2.45) is 0 Å². The Kier molecular flexibility index (Phi) is 5.23. The minimum Gasteiger partial charge on any atom is -0.351 e. The van der Waals surface area contributed by atoms with Gasteiger partial charge < -0.3 is 5.32 Å². The lowest BCUT2D eigenvalue weighted by atomic mass is 9.99. The quantitative estimate of drug-likeness (QED) is 0.910. The van der Waals surface area contributed by atoms with Crippen molar-refractivity contribution in [3.63, 3.8) is 0 Å². The number of aryl methyl sites for hydroxylation is 2. The van der Waals surface area contributed by atoms with Crippen molar-refractivity contribution in [2.45, 2.75) is 59.8 Å². The minimum absolute atomic E-state index is 0.0856. The van der Waals surface area contributed by atoms with E-state index < -0.39 is 0 Å². The second kappa shape index (κ2) is 7.40. The van der Waals surface area contributed by atoms with Crippen molar-refractivity contribution < 1.29 is 4.79 Å². The number of aromatic nitrogens is 2. The standard InChI is InChI=1S/C20H28N4O/c1-5-24-15(3)19(14(2)22-24)12-21-20(25)16(4)23-11-10-17-8-6-7-9-18(17)13-23/h6-9,16H,5,10-13H2,1-4H3,(H,21,25). The summed E-state index contributed by atoms with van der Waals surface area (Å²) in [6, 6.07) is 8.39. The van der Waals surface area contributed by atoms with E-state index in [1.54, 1.807) is 0 Å². The van der Waals surface area contributed by atoms with Crippen LogP contribution < -0.4 is 5.32 Å². The average Bonchev–Trinajstić information content (AvgIpc) is 2.91. The number of hydrogen-bond acceptors (Lipinski definition) is 3. The highest BCUT2D eigenvalue weighted by molar-refractivity contribution is 5.81. The first kappa shape index (κ1) is 17.7. The molecule has 0 aliphatic carbocycles. The summed E-state index contributed by atoms with van der Waals surface area (Å²) in [5.74, 6) is 0.0856. The van der Waals surface area contributed by atoms with Crippen LogP contribution in [0.1, 0.15) is 41.9 Å². The molecule has 25 heavy (non-hydrogen) atoms. The Balaban J connectivity index is 1.61. The molecule has 0 fully saturated rings. The number of carbonyl (C=O) groups is 1. The van der Waals surface area contributed by atoms with Crippen LogP contribution in [0.5, 0.6) is 0 Å². The van der Waals surface area contributed by atoms with E-state index in [-0.39, 0.29) is 11.9 Å². The molecule has 0 saturated heterocycles. The van der Waals surface area contributed by atoms with Gasteiger partial charge in [0.25, 0.3) is 0 Å². The van der Waals surface area contributed by atoms with E-state index in [2.05, 4.69) is 53.4 Å². The van der Waals surface area contributed by atoms with Gasteiger partial charge in [0.05, 0.1) is 11.7 Å². The van der Waals surface area contributed by atoms with E-state index in [9.17, 15) is 4.79 Å². The Labute approximate surface area is 150 Å². The van der Waals surface area contributed by atoms with Crippen molar-refractivity contribution in [1.82, 2.24) is 20.0 Å². The Morgan fingerprint density at radius 3 is 2.68 bits per heavy atom. The van der Waals surface area contributed by atoms with Crippen molar-refractivity contribution in [3.8, 4) is 0 Å². The molecule has 0 bridgehead atoms. The molecule has 1 amide bonds. The fourth-order valence-corrected chi connectivity index (χ4v) is 3.63. The largest absolute Gasteiger partial charge is 0.351 e. The highest BCUT2D eigenvalue weighted by atomic mass is 16.2. The number of fused-ring (bicyclic) bond motifs is 1. The molecule has 2 aromatic rings. The zero-order valence-electron chi connectivity index (χ0n) is 15.7. The van der Waals surface area contributed by atoms with E-state index in [0.717, 1.165) is 43.0 Å². The highest BCUT2D eigenvalue weighted by Crippen LogP contribution is 2.20. The fourth-order valence-electron chi connectivity index (χ4n) is 3.63. The molecule has 3 rings (SSSR count). The van der Waals surface area contributed by atoms with Gasteiger partial charge in [0.15, 0.2) is 0 Å². The van der Waals surface area contributed by atoms with E-state index >= 15 is 0 Å². The van der Waals surface area contributed by atoms with Crippen molar-refractivity contribution in [2.75, 3.05) is 6.54 Å². The second-order valence-electron chi connectivity index (χ2n) is 6.85. The van der Waals surface area contributed by atoms with Gasteiger partial charge in [-0.2, -0.15) is 5.10 Å². The zero-order chi connectivity index (χ0) is 18.0. The average molecular weight is 340 g/mol. The van der Waals surface area contributed by atoms with Gasteiger partial charge in [0.2, 0.25) is 5.91 Å². The molecule has 5 nitrogen and oxygen atoms in total. The lowest BCUT2D eigenvalue weighted by Crippen LogP contribution is -2.46. The normalized spacial score (nSPS) is 15.7. The van der Waals surface area contributed by atoms with E-state index in [1.807, 2.05) is 18.5 Å². The van der Waals surface area contributed by atoms with Gasteiger partial charge >= 0.3 is 0 Å². The lowest BCUT2D eigenvalue weighted by Gasteiger charge is -2.32. The number of nitrogens with one attached hydrogen (secondary N) is 1. The third kappa shape index (κ3) is 3.61. The SMILES string of the molecule is CCn1nc(C)c(CNC(=O)C(C)N2CCc3ccccc3C2)c1C. The van der Waals surface area contributed by atoms with Crippen LogP contribution in [0.2, 0.25) is 0 Å². The molecular formula is C20H28N4O. The van der Waals surface area contributed by atoms with Crippen molar-refractivity contribution in [3.05, 3.63) is 52.3 Å². The number of rotatable bonds is 5. The Morgan fingerprint density at radius 2 is 2.00 bits per heavy atom. The summed E-state index contributed by atoms with van der Waals surface area (Å²) in [5, 5.41) is 7.63. The molecule has 134 valence electrons. The first-order chi connectivity index (χ1) is 12.0. The Hall–Kier alpha value is -2.14. The third-order valence-electron chi connectivity index (χ3n) is 5.36. The number of hydrogen-bond donors (Lipinski definition) is 1. The van der Waals surface area contributed by atoms with Crippen molar-refractivity contribution in [1.29, 1.82) is 0 Å². The maximum Gasteiger partial charge on any atom is 0.237 e.